The van der Waals surface area contributed by atoms with E-state index in [1.165, 1.54) is 32.1 Å². The smallest absolute Gasteiger partial charge is 0.0695 e. The molecule has 1 heterocycles. The fourth-order valence-corrected chi connectivity index (χ4v) is 3.29. The molecular formula is C13H26N2O. The van der Waals surface area contributed by atoms with E-state index in [0.717, 1.165) is 19.5 Å². The van der Waals surface area contributed by atoms with Gasteiger partial charge in [0.25, 0.3) is 0 Å². The van der Waals surface area contributed by atoms with Crippen LogP contribution in [0.25, 0.3) is 0 Å². The van der Waals surface area contributed by atoms with E-state index >= 15 is 0 Å². The summed E-state index contributed by atoms with van der Waals surface area (Å²) in [5, 5.41) is 10.1. The average Bonchev–Trinajstić information content (AvgIpc) is 2.30. The summed E-state index contributed by atoms with van der Waals surface area (Å²) in [6.07, 6.45) is 7.05. The highest BCUT2D eigenvalue weighted by Crippen LogP contribution is 2.28. The summed E-state index contributed by atoms with van der Waals surface area (Å²) in [6.45, 7) is 4.37. The summed E-state index contributed by atoms with van der Waals surface area (Å²) >= 11 is 0. The average molecular weight is 226 g/mol. The first-order chi connectivity index (χ1) is 7.68. The van der Waals surface area contributed by atoms with Crippen molar-refractivity contribution in [1.29, 1.82) is 0 Å². The normalized spacial score (nSPS) is 39.6. The maximum atomic E-state index is 10.1. The Morgan fingerprint density at radius 3 is 2.62 bits per heavy atom. The van der Waals surface area contributed by atoms with Crippen molar-refractivity contribution in [1.82, 2.24) is 4.90 Å². The van der Waals surface area contributed by atoms with Crippen LogP contribution >= 0.6 is 0 Å². The van der Waals surface area contributed by atoms with E-state index in [1.807, 2.05) is 0 Å². The number of aliphatic hydroxyl groups excluding tert-OH is 1. The van der Waals surface area contributed by atoms with E-state index in [-0.39, 0.29) is 6.10 Å². The van der Waals surface area contributed by atoms with Crippen molar-refractivity contribution >= 4 is 0 Å². The molecule has 0 radical (unpaired) electrons. The van der Waals surface area contributed by atoms with Gasteiger partial charge in [0.2, 0.25) is 0 Å². The first-order valence-corrected chi connectivity index (χ1v) is 6.86. The quantitative estimate of drug-likeness (QED) is 0.747. The monoisotopic (exact) mass is 226 g/mol. The number of nitrogens with zero attached hydrogens (tertiary/aromatic N) is 1. The van der Waals surface area contributed by atoms with Gasteiger partial charge < -0.3 is 10.8 Å². The van der Waals surface area contributed by atoms with Crippen LogP contribution in [0.4, 0.5) is 0 Å². The molecule has 3 nitrogen and oxygen atoms in total. The summed E-state index contributed by atoms with van der Waals surface area (Å²) in [4.78, 5) is 2.50. The molecule has 0 aromatic carbocycles. The number of hydrogen-bond acceptors (Lipinski definition) is 3. The van der Waals surface area contributed by atoms with Gasteiger partial charge in [0, 0.05) is 18.6 Å². The lowest BCUT2D eigenvalue weighted by Gasteiger charge is -2.43. The zero-order valence-electron chi connectivity index (χ0n) is 10.4. The van der Waals surface area contributed by atoms with E-state index in [1.54, 1.807) is 0 Å². The Hall–Kier alpha value is -0.120. The lowest BCUT2D eigenvalue weighted by molar-refractivity contribution is -0.00194. The Morgan fingerprint density at radius 2 is 1.94 bits per heavy atom. The van der Waals surface area contributed by atoms with Gasteiger partial charge in [-0.3, -0.25) is 4.90 Å². The predicted octanol–water partition coefficient (Wildman–Crippen LogP) is 1.35. The number of rotatable bonds is 2. The third-order valence-electron chi connectivity index (χ3n) is 4.40. The van der Waals surface area contributed by atoms with E-state index in [4.69, 9.17) is 5.73 Å². The summed E-state index contributed by atoms with van der Waals surface area (Å²) in [5.74, 6) is 0.628. The molecule has 2 aliphatic rings. The number of likely N-dealkylation sites (tertiary alicyclic amines) is 1. The van der Waals surface area contributed by atoms with Gasteiger partial charge in [-0.15, -0.1) is 0 Å². The molecule has 0 amide bonds. The Balaban J connectivity index is 1.92. The Morgan fingerprint density at radius 1 is 1.19 bits per heavy atom. The molecule has 0 bridgehead atoms. The summed E-state index contributed by atoms with van der Waals surface area (Å²) in [7, 11) is 0. The molecule has 3 heteroatoms. The fraction of sp³-hybridized carbons (Fsp3) is 1.00. The maximum Gasteiger partial charge on any atom is 0.0695 e. The van der Waals surface area contributed by atoms with Gasteiger partial charge in [0.15, 0.2) is 0 Å². The largest absolute Gasteiger partial charge is 0.391 e. The van der Waals surface area contributed by atoms with E-state index in [0.29, 0.717) is 18.0 Å². The number of piperidine rings is 1. The first kappa shape index (κ1) is 12.3. The first-order valence-electron chi connectivity index (χ1n) is 6.86. The molecule has 1 aliphatic heterocycles. The van der Waals surface area contributed by atoms with Crippen molar-refractivity contribution in [2.45, 2.75) is 63.6 Å². The van der Waals surface area contributed by atoms with Gasteiger partial charge in [-0.2, -0.15) is 0 Å². The molecule has 2 fully saturated rings. The lowest BCUT2D eigenvalue weighted by Crippen LogP contribution is -2.51. The molecule has 1 saturated carbocycles. The highest BCUT2D eigenvalue weighted by molar-refractivity contribution is 4.88. The van der Waals surface area contributed by atoms with E-state index < -0.39 is 0 Å². The number of aliphatic hydroxyl groups is 1. The minimum atomic E-state index is -0.0967. The molecule has 3 N–H and O–H groups in total. The van der Waals surface area contributed by atoms with Crippen LogP contribution in [0, 0.1) is 5.92 Å². The Bertz CT molecular complexity index is 220. The van der Waals surface area contributed by atoms with Crippen molar-refractivity contribution in [2.24, 2.45) is 11.7 Å². The van der Waals surface area contributed by atoms with Crippen LogP contribution in [-0.4, -0.2) is 41.3 Å². The molecule has 16 heavy (non-hydrogen) atoms. The molecule has 0 spiro atoms. The molecule has 94 valence electrons. The van der Waals surface area contributed by atoms with Crippen LogP contribution in [0.5, 0.6) is 0 Å². The van der Waals surface area contributed by atoms with Gasteiger partial charge in [0.05, 0.1) is 6.10 Å². The Kier molecular flexibility index (Phi) is 4.22. The number of nitrogens with two attached hydrogens (primary N) is 1. The fourth-order valence-electron chi connectivity index (χ4n) is 3.29. The van der Waals surface area contributed by atoms with Gasteiger partial charge in [-0.25, -0.2) is 0 Å². The standard InChI is InChI=1S/C13H26N2O/c1-10(14)11-5-4-8-15(9-11)12-6-2-3-7-13(12)16/h10-13,16H,2-9,14H2,1H3. The highest BCUT2D eigenvalue weighted by atomic mass is 16.3. The van der Waals surface area contributed by atoms with Gasteiger partial charge >= 0.3 is 0 Å². The van der Waals surface area contributed by atoms with Crippen molar-refractivity contribution in [2.75, 3.05) is 13.1 Å². The molecule has 4 atom stereocenters. The minimum Gasteiger partial charge on any atom is -0.391 e. The van der Waals surface area contributed by atoms with Gasteiger partial charge in [0.1, 0.15) is 0 Å². The zero-order chi connectivity index (χ0) is 11.5. The van der Waals surface area contributed by atoms with Crippen LogP contribution in [0.1, 0.15) is 45.4 Å². The third-order valence-corrected chi connectivity index (χ3v) is 4.40. The second-order valence-electron chi connectivity index (χ2n) is 5.68. The van der Waals surface area contributed by atoms with Gasteiger partial charge in [-0.05, 0) is 45.1 Å². The van der Waals surface area contributed by atoms with E-state index in [2.05, 4.69) is 11.8 Å². The minimum absolute atomic E-state index is 0.0967. The lowest BCUT2D eigenvalue weighted by atomic mass is 9.86. The third kappa shape index (κ3) is 2.76. The van der Waals surface area contributed by atoms with E-state index in [9.17, 15) is 5.11 Å². The molecule has 2 rings (SSSR count). The van der Waals surface area contributed by atoms with Crippen LogP contribution in [-0.2, 0) is 0 Å². The maximum absolute atomic E-state index is 10.1. The zero-order valence-corrected chi connectivity index (χ0v) is 10.4. The van der Waals surface area contributed by atoms with Crippen LogP contribution in [0.15, 0.2) is 0 Å². The van der Waals surface area contributed by atoms with Crippen LogP contribution < -0.4 is 5.73 Å². The molecule has 0 aromatic rings. The summed E-state index contributed by atoms with van der Waals surface area (Å²) in [6, 6.07) is 0.707. The molecule has 0 aromatic heterocycles. The molecule has 1 aliphatic carbocycles. The number of hydrogen-bond donors (Lipinski definition) is 2. The molecule has 4 unspecified atom stereocenters. The van der Waals surface area contributed by atoms with Gasteiger partial charge in [-0.1, -0.05) is 12.8 Å². The van der Waals surface area contributed by atoms with Crippen LogP contribution in [0.3, 0.4) is 0 Å². The summed E-state index contributed by atoms with van der Waals surface area (Å²) < 4.78 is 0. The summed E-state index contributed by atoms with van der Waals surface area (Å²) in [5.41, 5.74) is 6.00. The van der Waals surface area contributed by atoms with Crippen molar-refractivity contribution in [3.63, 3.8) is 0 Å². The topological polar surface area (TPSA) is 49.5 Å². The Labute approximate surface area is 99.0 Å². The molecule has 1 saturated heterocycles. The highest BCUT2D eigenvalue weighted by Gasteiger charge is 2.32. The predicted molar refractivity (Wildman–Crippen MR) is 66.2 cm³/mol. The SMILES string of the molecule is CC(N)C1CCCN(C2CCCCC2O)C1. The van der Waals surface area contributed by atoms with Crippen molar-refractivity contribution in [3.8, 4) is 0 Å². The van der Waals surface area contributed by atoms with Crippen molar-refractivity contribution < 1.29 is 5.11 Å². The molecular weight excluding hydrogens is 200 g/mol. The second-order valence-corrected chi connectivity index (χ2v) is 5.68. The second kappa shape index (κ2) is 5.48. The van der Waals surface area contributed by atoms with Crippen LogP contribution in [0.2, 0.25) is 0 Å². The van der Waals surface area contributed by atoms with Crippen molar-refractivity contribution in [3.05, 3.63) is 0 Å².